The van der Waals surface area contributed by atoms with E-state index in [4.69, 9.17) is 23.7 Å². The fourth-order valence-corrected chi connectivity index (χ4v) is 11.5. The van der Waals surface area contributed by atoms with Gasteiger partial charge in [0.15, 0.2) is 29.4 Å². The Hall–Kier alpha value is -6.07. The number of carbonyl (C=O) groups excluding carboxylic acids is 7. The summed E-state index contributed by atoms with van der Waals surface area (Å²) in [6, 6.07) is 23.3. The lowest BCUT2D eigenvalue weighted by atomic mass is 9.44. The Balaban J connectivity index is 1.48. The van der Waals surface area contributed by atoms with Crippen molar-refractivity contribution in [1.29, 1.82) is 0 Å². The molecule has 1 heterocycles. The Bertz CT molecular complexity index is 2510. The molecule has 2 saturated carbocycles. The summed E-state index contributed by atoms with van der Waals surface area (Å²) in [6.07, 6.45) is -9.12. The van der Waals surface area contributed by atoms with Crippen LogP contribution in [0.25, 0.3) is 0 Å². The largest absolute Gasteiger partial charge is 0.455 e. The number of nitrogens with one attached hydrogen (secondary N) is 1. The number of aliphatic hydroxyl groups excluding tert-OH is 1. The van der Waals surface area contributed by atoms with Crippen LogP contribution in [0, 0.1) is 22.7 Å². The average molecular weight is 965 g/mol. The van der Waals surface area contributed by atoms with Crippen LogP contribution in [0.4, 0.5) is 0 Å². The van der Waals surface area contributed by atoms with Crippen LogP contribution < -0.4 is 5.32 Å². The molecular weight excluding hydrogens is 901 g/mol. The zero-order valence-electron chi connectivity index (χ0n) is 41.0. The van der Waals surface area contributed by atoms with E-state index in [9.17, 15) is 34.2 Å². The molecule has 3 fully saturated rings. The van der Waals surface area contributed by atoms with Gasteiger partial charge < -0.3 is 44.1 Å². The van der Waals surface area contributed by atoms with E-state index >= 15 is 9.59 Å². The van der Waals surface area contributed by atoms with Crippen LogP contribution in [0.5, 0.6) is 0 Å². The van der Waals surface area contributed by atoms with Gasteiger partial charge in [-0.2, -0.15) is 0 Å². The number of Topliss-reactive ketones (excluding diaryl/α,β-unsaturated/α-hetero) is 2. The van der Waals surface area contributed by atoms with Crippen LogP contribution in [0.2, 0.25) is 0 Å². The fourth-order valence-electron chi connectivity index (χ4n) is 11.5. The number of ketones is 2. The van der Waals surface area contributed by atoms with Crippen LogP contribution in [0.1, 0.15) is 107 Å². The van der Waals surface area contributed by atoms with Gasteiger partial charge in [0.25, 0.3) is 5.91 Å². The van der Waals surface area contributed by atoms with E-state index in [0.717, 1.165) is 13.8 Å². The highest BCUT2D eigenvalue weighted by molar-refractivity contribution is 5.98. The monoisotopic (exact) mass is 964 g/mol. The second-order valence-electron chi connectivity index (χ2n) is 19.6. The van der Waals surface area contributed by atoms with Gasteiger partial charge in [0, 0.05) is 43.7 Å². The van der Waals surface area contributed by atoms with E-state index in [-0.39, 0.29) is 41.7 Å². The van der Waals surface area contributed by atoms with Gasteiger partial charge in [-0.25, -0.2) is 4.79 Å². The molecule has 16 heteroatoms. The molecule has 1 aliphatic heterocycles. The van der Waals surface area contributed by atoms with E-state index in [0.29, 0.717) is 25.2 Å². The van der Waals surface area contributed by atoms with Crippen molar-refractivity contribution in [3.8, 4) is 0 Å². The van der Waals surface area contributed by atoms with Gasteiger partial charge in [0.1, 0.15) is 17.8 Å². The molecule has 16 nitrogen and oxygen atoms in total. The summed E-state index contributed by atoms with van der Waals surface area (Å²) < 4.78 is 30.9. The van der Waals surface area contributed by atoms with Crippen LogP contribution in [-0.4, -0.2) is 124 Å². The van der Waals surface area contributed by atoms with E-state index in [1.165, 1.54) is 19.1 Å². The number of nitrogens with zero attached hydrogens (tertiary/aromatic N) is 1. The van der Waals surface area contributed by atoms with Crippen LogP contribution >= 0.6 is 0 Å². The van der Waals surface area contributed by atoms with Gasteiger partial charge in [0.2, 0.25) is 0 Å². The first-order chi connectivity index (χ1) is 33.2. The fraction of sp³-hybridized carbons (Fsp3) is 0.500. The lowest BCUT2D eigenvalue weighted by Gasteiger charge is -2.67. The topological polar surface area (TPSA) is 221 Å². The summed E-state index contributed by atoms with van der Waals surface area (Å²) in [5, 5.41) is 29.3. The van der Waals surface area contributed by atoms with Crippen molar-refractivity contribution in [2.75, 3.05) is 26.2 Å². The molecule has 3 aromatic carbocycles. The number of hydrogen-bond donors (Lipinski definition) is 3. The van der Waals surface area contributed by atoms with E-state index in [1.807, 2.05) is 18.7 Å². The van der Waals surface area contributed by atoms with Crippen molar-refractivity contribution < 1.29 is 67.5 Å². The Morgan fingerprint density at radius 3 is 1.97 bits per heavy atom. The lowest BCUT2D eigenvalue weighted by molar-refractivity contribution is -0.345. The molecule has 0 aromatic heterocycles. The Labute approximate surface area is 408 Å². The first-order valence-electron chi connectivity index (χ1n) is 23.9. The SMILES string of the molecule is CCN(CC)CCC(=O)O[C@@H](C(=O)[C@H]1C[C@@]2(O)[C@@H](OC(=O)c3ccccc3)[C@@H]3[C@]4(OC(C)=O)CO[C@@H]4C[C@H](O)[C@@]3(C)C(=O)[C@H](OC(C)=O)C(=C1C)C2(C)C)[C@@H](NC(=O)c1ccccc1)c1ccccc1. The maximum absolute atomic E-state index is 16.1. The predicted molar refractivity (Wildman–Crippen MR) is 253 cm³/mol. The average Bonchev–Trinajstić information content (AvgIpc) is 3.33. The summed E-state index contributed by atoms with van der Waals surface area (Å²) in [7, 11) is 0. The normalized spacial score (nSPS) is 29.6. The predicted octanol–water partition coefficient (Wildman–Crippen LogP) is 5.29. The molecule has 374 valence electrons. The third-order valence-corrected chi connectivity index (χ3v) is 15.4. The molecule has 0 unspecified atom stereocenters. The molecule has 1 saturated heterocycles. The molecule has 0 radical (unpaired) electrons. The smallest absolute Gasteiger partial charge is 0.338 e. The number of aliphatic hydroxyl groups is 2. The molecule has 3 aliphatic carbocycles. The molecule has 1 amide bonds. The minimum Gasteiger partial charge on any atom is -0.455 e. The van der Waals surface area contributed by atoms with Crippen molar-refractivity contribution in [3.63, 3.8) is 0 Å². The first-order valence-corrected chi connectivity index (χ1v) is 23.9. The van der Waals surface area contributed by atoms with Gasteiger partial charge in [-0.15, -0.1) is 0 Å². The van der Waals surface area contributed by atoms with Gasteiger partial charge >= 0.3 is 23.9 Å². The first kappa shape index (κ1) is 51.8. The van der Waals surface area contributed by atoms with Crippen LogP contribution in [0.3, 0.4) is 0 Å². The van der Waals surface area contributed by atoms with Gasteiger partial charge in [-0.05, 0) is 68.8 Å². The van der Waals surface area contributed by atoms with E-state index in [2.05, 4.69) is 5.32 Å². The Kier molecular flexibility index (Phi) is 15.0. The lowest BCUT2D eigenvalue weighted by Crippen LogP contribution is -2.81. The second-order valence-corrected chi connectivity index (χ2v) is 19.6. The summed E-state index contributed by atoms with van der Waals surface area (Å²) >= 11 is 0. The second kappa shape index (κ2) is 20.3. The number of allylic oxidation sites excluding steroid dienone is 1. The number of carbonyl (C=O) groups is 7. The molecule has 4 aliphatic rings. The number of fused-ring (bicyclic) bond motifs is 5. The van der Waals surface area contributed by atoms with E-state index < -0.39 is 118 Å². The molecule has 2 bridgehead atoms. The number of amides is 1. The molecular formula is C54H64N2O14. The van der Waals surface area contributed by atoms with Crippen molar-refractivity contribution >= 4 is 41.4 Å². The minimum absolute atomic E-state index is 0.0165. The Morgan fingerprint density at radius 1 is 0.843 bits per heavy atom. The number of rotatable bonds is 16. The quantitative estimate of drug-likeness (QED) is 0.0943. The summed E-state index contributed by atoms with van der Waals surface area (Å²) in [6.45, 7) is 13.5. The highest BCUT2D eigenvalue weighted by atomic mass is 16.6. The summed E-state index contributed by atoms with van der Waals surface area (Å²) in [4.78, 5) is 103. The highest BCUT2D eigenvalue weighted by Crippen LogP contribution is 2.65. The van der Waals surface area contributed by atoms with Gasteiger partial charge in [-0.3, -0.25) is 28.8 Å². The van der Waals surface area contributed by atoms with E-state index in [1.54, 1.807) is 99.6 Å². The molecule has 11 atom stereocenters. The number of esters is 4. The third kappa shape index (κ3) is 9.22. The zero-order valence-corrected chi connectivity index (χ0v) is 41.0. The molecule has 3 N–H and O–H groups in total. The van der Waals surface area contributed by atoms with Gasteiger partial charge in [-0.1, -0.05) is 100.0 Å². The van der Waals surface area contributed by atoms with Crippen LogP contribution in [0.15, 0.2) is 102 Å². The molecule has 0 spiro atoms. The molecule has 7 rings (SSSR count). The zero-order chi connectivity index (χ0) is 50.9. The van der Waals surface area contributed by atoms with Crippen molar-refractivity contribution in [2.24, 2.45) is 22.7 Å². The minimum atomic E-state index is -2.46. The number of benzene rings is 3. The highest BCUT2D eigenvalue weighted by Gasteiger charge is 2.78. The summed E-state index contributed by atoms with van der Waals surface area (Å²) in [5.41, 5.74) is -7.24. The van der Waals surface area contributed by atoms with Crippen molar-refractivity contribution in [3.05, 3.63) is 119 Å². The summed E-state index contributed by atoms with van der Waals surface area (Å²) in [5.74, 6) is -8.77. The molecule has 3 aromatic rings. The third-order valence-electron chi connectivity index (χ3n) is 15.4. The number of ether oxygens (including phenoxy) is 5. The van der Waals surface area contributed by atoms with Crippen molar-refractivity contribution in [1.82, 2.24) is 10.2 Å². The van der Waals surface area contributed by atoms with Crippen molar-refractivity contribution in [2.45, 2.75) is 122 Å². The standard InChI is InChI=1S/C54H64N2O14/c1-9-56(10-2)27-26-40(60)68-45(42(34-20-14-11-15-21-34)55-49(63)35-22-16-12-17-23-35)43(61)37-29-54(65)48(69-50(64)36-24-18-13-19-25-36)46-52(8,38(59)28-39-53(46,30-66-39)70-33(5)58)47(62)44(67-32(4)57)41(31(37)3)51(54,6)7/h11-25,37-39,42,44-46,48,59,65H,9-10,26-30H2,1-8H3,(H,55,63)/t37-,38-,39+,42-,44+,45+,46-,48-,52+,53-,54+/m0/s1. The maximum Gasteiger partial charge on any atom is 0.338 e. The Morgan fingerprint density at radius 2 is 1.43 bits per heavy atom. The maximum atomic E-state index is 16.1. The number of hydrogen-bond acceptors (Lipinski definition) is 15. The van der Waals surface area contributed by atoms with Gasteiger partial charge in [0.05, 0.1) is 42.1 Å². The molecule has 70 heavy (non-hydrogen) atoms. The van der Waals surface area contributed by atoms with Crippen LogP contribution in [-0.2, 0) is 47.7 Å².